The average molecular weight is 194 g/mol. The molecule has 1 aromatic carbocycles. The molecule has 0 spiro atoms. The second kappa shape index (κ2) is 4.36. The van der Waals surface area contributed by atoms with Gasteiger partial charge in [-0.05, 0) is 18.9 Å². The van der Waals surface area contributed by atoms with E-state index in [2.05, 4.69) is 0 Å². The van der Waals surface area contributed by atoms with Gasteiger partial charge in [-0.2, -0.15) is 0 Å². The SMILES string of the molecule is CCCC(=O)C(C)(F)c1ccccc1. The summed E-state index contributed by atoms with van der Waals surface area (Å²) in [6.07, 6.45) is 0.979. The van der Waals surface area contributed by atoms with E-state index >= 15 is 0 Å². The van der Waals surface area contributed by atoms with Crippen molar-refractivity contribution in [1.29, 1.82) is 0 Å². The highest BCUT2D eigenvalue weighted by atomic mass is 19.1. The van der Waals surface area contributed by atoms with Crippen LogP contribution >= 0.6 is 0 Å². The maximum absolute atomic E-state index is 14.1. The van der Waals surface area contributed by atoms with Crippen molar-refractivity contribution >= 4 is 5.78 Å². The Morgan fingerprint density at radius 2 is 1.93 bits per heavy atom. The van der Waals surface area contributed by atoms with Crippen LogP contribution in [0.3, 0.4) is 0 Å². The van der Waals surface area contributed by atoms with Crippen molar-refractivity contribution in [3.63, 3.8) is 0 Å². The fraction of sp³-hybridized carbons (Fsp3) is 0.417. The topological polar surface area (TPSA) is 17.1 Å². The molecule has 0 N–H and O–H groups in total. The molecule has 0 aliphatic carbocycles. The Labute approximate surface area is 83.9 Å². The van der Waals surface area contributed by atoms with E-state index in [0.29, 0.717) is 18.4 Å². The van der Waals surface area contributed by atoms with E-state index in [1.165, 1.54) is 6.92 Å². The number of rotatable bonds is 4. The normalized spacial score (nSPS) is 14.8. The van der Waals surface area contributed by atoms with Crippen molar-refractivity contribution < 1.29 is 9.18 Å². The summed E-state index contributed by atoms with van der Waals surface area (Å²) in [5.41, 5.74) is -1.39. The lowest BCUT2D eigenvalue weighted by Gasteiger charge is -2.18. The monoisotopic (exact) mass is 194 g/mol. The molecule has 0 aliphatic heterocycles. The number of carbonyl (C=O) groups is 1. The summed E-state index contributed by atoms with van der Waals surface area (Å²) < 4.78 is 14.1. The molecule has 0 bridgehead atoms. The van der Waals surface area contributed by atoms with Crippen LogP contribution in [0.1, 0.15) is 32.3 Å². The number of alkyl halides is 1. The molecule has 1 nitrogen and oxygen atoms in total. The lowest BCUT2D eigenvalue weighted by Crippen LogP contribution is -2.27. The molecule has 2 heteroatoms. The Bertz CT molecular complexity index is 303. The standard InChI is InChI=1S/C12H15FO/c1-3-7-11(14)12(2,13)10-8-5-4-6-9-10/h4-6,8-9H,3,7H2,1-2H3. The summed E-state index contributed by atoms with van der Waals surface area (Å²) in [7, 11) is 0. The number of benzene rings is 1. The fourth-order valence-electron chi connectivity index (χ4n) is 1.37. The molecule has 1 unspecified atom stereocenters. The first-order chi connectivity index (χ1) is 6.59. The number of Topliss-reactive ketones (excluding diaryl/α,β-unsaturated/α-hetero) is 1. The van der Waals surface area contributed by atoms with Gasteiger partial charge in [-0.25, -0.2) is 4.39 Å². The zero-order chi connectivity index (χ0) is 10.6. The predicted octanol–water partition coefficient (Wildman–Crippen LogP) is 3.24. The number of carbonyl (C=O) groups excluding carboxylic acids is 1. The van der Waals surface area contributed by atoms with Gasteiger partial charge in [0.15, 0.2) is 11.5 Å². The largest absolute Gasteiger partial charge is 0.296 e. The van der Waals surface area contributed by atoms with E-state index in [1.807, 2.05) is 13.0 Å². The summed E-state index contributed by atoms with van der Waals surface area (Å²) in [5, 5.41) is 0. The van der Waals surface area contributed by atoms with Crippen molar-refractivity contribution in [3.05, 3.63) is 35.9 Å². The van der Waals surface area contributed by atoms with E-state index in [4.69, 9.17) is 0 Å². The molecule has 0 saturated carbocycles. The Balaban J connectivity index is 2.90. The smallest absolute Gasteiger partial charge is 0.190 e. The van der Waals surface area contributed by atoms with E-state index < -0.39 is 5.67 Å². The van der Waals surface area contributed by atoms with Crippen molar-refractivity contribution in [2.75, 3.05) is 0 Å². The summed E-state index contributed by atoms with van der Waals surface area (Å²) in [5.74, 6) is -0.341. The van der Waals surface area contributed by atoms with E-state index in [0.717, 1.165) is 0 Å². The van der Waals surface area contributed by atoms with Gasteiger partial charge in [0.1, 0.15) is 0 Å². The third-order valence-corrected chi connectivity index (χ3v) is 2.32. The van der Waals surface area contributed by atoms with Crippen LogP contribution in [0.25, 0.3) is 0 Å². The van der Waals surface area contributed by atoms with Crippen LogP contribution in [0.5, 0.6) is 0 Å². The van der Waals surface area contributed by atoms with Gasteiger partial charge in [-0.15, -0.1) is 0 Å². The number of ketones is 1. The lowest BCUT2D eigenvalue weighted by molar-refractivity contribution is -0.130. The highest BCUT2D eigenvalue weighted by Gasteiger charge is 2.33. The molecule has 0 aliphatic rings. The maximum atomic E-state index is 14.1. The van der Waals surface area contributed by atoms with Gasteiger partial charge < -0.3 is 0 Å². The zero-order valence-corrected chi connectivity index (χ0v) is 8.59. The highest BCUT2D eigenvalue weighted by molar-refractivity contribution is 5.87. The minimum absolute atomic E-state index is 0.294. The van der Waals surface area contributed by atoms with Gasteiger partial charge in [0.2, 0.25) is 0 Å². The molecular formula is C12H15FO. The Morgan fingerprint density at radius 3 is 2.43 bits per heavy atom. The molecule has 0 aromatic heterocycles. The summed E-state index contributed by atoms with van der Waals surface area (Å²) in [6, 6.07) is 8.59. The Morgan fingerprint density at radius 1 is 1.36 bits per heavy atom. The van der Waals surface area contributed by atoms with E-state index in [9.17, 15) is 9.18 Å². The van der Waals surface area contributed by atoms with Gasteiger partial charge >= 0.3 is 0 Å². The van der Waals surface area contributed by atoms with Crippen molar-refractivity contribution in [2.24, 2.45) is 0 Å². The van der Waals surface area contributed by atoms with Crippen LogP contribution in [-0.2, 0) is 10.5 Å². The van der Waals surface area contributed by atoms with Crippen LogP contribution < -0.4 is 0 Å². The van der Waals surface area contributed by atoms with Crippen LogP contribution in [-0.4, -0.2) is 5.78 Å². The second-order valence-corrected chi connectivity index (χ2v) is 3.54. The van der Waals surface area contributed by atoms with Gasteiger partial charge in [-0.3, -0.25) is 4.79 Å². The highest BCUT2D eigenvalue weighted by Crippen LogP contribution is 2.27. The number of hydrogen-bond acceptors (Lipinski definition) is 1. The minimum Gasteiger partial charge on any atom is -0.296 e. The average Bonchev–Trinajstić information content (AvgIpc) is 2.19. The van der Waals surface area contributed by atoms with Gasteiger partial charge in [0.25, 0.3) is 0 Å². The minimum atomic E-state index is -1.84. The second-order valence-electron chi connectivity index (χ2n) is 3.54. The number of halogens is 1. The van der Waals surface area contributed by atoms with Gasteiger partial charge in [-0.1, -0.05) is 37.3 Å². The van der Waals surface area contributed by atoms with Crippen molar-refractivity contribution in [1.82, 2.24) is 0 Å². The zero-order valence-electron chi connectivity index (χ0n) is 8.59. The van der Waals surface area contributed by atoms with Crippen LogP contribution in [0.2, 0.25) is 0 Å². The first-order valence-corrected chi connectivity index (χ1v) is 4.86. The number of hydrogen-bond donors (Lipinski definition) is 0. The van der Waals surface area contributed by atoms with Crippen LogP contribution in [0, 0.1) is 0 Å². The quantitative estimate of drug-likeness (QED) is 0.719. The molecule has 1 rings (SSSR count). The van der Waals surface area contributed by atoms with Crippen molar-refractivity contribution in [3.8, 4) is 0 Å². The summed E-state index contributed by atoms with van der Waals surface area (Å²) in [4.78, 5) is 11.5. The molecule has 0 saturated heterocycles. The Hall–Kier alpha value is -1.18. The van der Waals surface area contributed by atoms with Gasteiger partial charge in [0.05, 0.1) is 0 Å². The molecule has 0 heterocycles. The molecular weight excluding hydrogens is 179 g/mol. The van der Waals surface area contributed by atoms with E-state index in [-0.39, 0.29) is 5.78 Å². The first-order valence-electron chi connectivity index (χ1n) is 4.86. The first kappa shape index (κ1) is 10.9. The molecule has 76 valence electrons. The summed E-state index contributed by atoms with van der Waals surface area (Å²) >= 11 is 0. The molecule has 1 aromatic rings. The Kier molecular flexibility index (Phi) is 3.39. The molecule has 1 atom stereocenters. The predicted molar refractivity (Wildman–Crippen MR) is 54.8 cm³/mol. The van der Waals surface area contributed by atoms with Crippen molar-refractivity contribution in [2.45, 2.75) is 32.4 Å². The lowest BCUT2D eigenvalue weighted by atomic mass is 9.91. The molecule has 0 radical (unpaired) electrons. The third kappa shape index (κ3) is 2.19. The van der Waals surface area contributed by atoms with Gasteiger partial charge in [0, 0.05) is 6.42 Å². The van der Waals surface area contributed by atoms with Crippen LogP contribution in [0.15, 0.2) is 30.3 Å². The third-order valence-electron chi connectivity index (χ3n) is 2.32. The molecule has 14 heavy (non-hydrogen) atoms. The fourth-order valence-corrected chi connectivity index (χ4v) is 1.37. The van der Waals surface area contributed by atoms with Crippen LogP contribution in [0.4, 0.5) is 4.39 Å². The summed E-state index contributed by atoms with van der Waals surface area (Å²) in [6.45, 7) is 3.21. The molecule has 0 fully saturated rings. The maximum Gasteiger partial charge on any atom is 0.190 e. The molecule has 0 amide bonds. The van der Waals surface area contributed by atoms with E-state index in [1.54, 1.807) is 24.3 Å².